The van der Waals surface area contributed by atoms with Crippen LogP contribution in [-0.4, -0.2) is 28.1 Å². The smallest absolute Gasteiger partial charge is 0.271 e. The molecule has 116 valence electrons. The standard InChI is InChI=1S/C13H12N2O4S3/c1-21(16,17)11-8-9-4-2-5-10(13(9)14-11)15-22(18,19)12-6-3-7-20-12/h2-8,14-15H,1H3. The molecule has 0 radical (unpaired) electrons. The Morgan fingerprint density at radius 3 is 2.50 bits per heavy atom. The van der Waals surface area contributed by atoms with Crippen LogP contribution in [0.1, 0.15) is 0 Å². The molecule has 0 aliphatic carbocycles. The highest BCUT2D eigenvalue weighted by Gasteiger charge is 2.18. The highest BCUT2D eigenvalue weighted by Crippen LogP contribution is 2.28. The Bertz CT molecular complexity index is 1030. The van der Waals surface area contributed by atoms with Gasteiger partial charge in [-0.3, -0.25) is 4.72 Å². The van der Waals surface area contributed by atoms with Gasteiger partial charge in [0.2, 0.25) is 0 Å². The number of sulfonamides is 1. The molecular formula is C13H12N2O4S3. The fourth-order valence-corrected chi connectivity index (χ4v) is 4.72. The molecule has 0 aliphatic heterocycles. The lowest BCUT2D eigenvalue weighted by atomic mass is 10.2. The second kappa shape index (κ2) is 5.11. The van der Waals surface area contributed by atoms with Crippen molar-refractivity contribution in [1.29, 1.82) is 0 Å². The van der Waals surface area contributed by atoms with Gasteiger partial charge in [0.1, 0.15) is 9.24 Å². The zero-order valence-electron chi connectivity index (χ0n) is 11.4. The van der Waals surface area contributed by atoms with Crippen molar-refractivity contribution in [1.82, 2.24) is 4.98 Å². The Hall–Kier alpha value is -1.84. The highest BCUT2D eigenvalue weighted by molar-refractivity contribution is 7.94. The number of hydrogen-bond acceptors (Lipinski definition) is 5. The number of rotatable bonds is 4. The van der Waals surface area contributed by atoms with Crippen LogP contribution in [-0.2, 0) is 19.9 Å². The van der Waals surface area contributed by atoms with E-state index in [0.717, 1.165) is 17.6 Å². The number of hydrogen-bond donors (Lipinski definition) is 2. The van der Waals surface area contributed by atoms with Crippen molar-refractivity contribution in [3.8, 4) is 0 Å². The summed E-state index contributed by atoms with van der Waals surface area (Å²) in [6.07, 6.45) is 1.09. The lowest BCUT2D eigenvalue weighted by Crippen LogP contribution is -2.11. The van der Waals surface area contributed by atoms with Crippen molar-refractivity contribution < 1.29 is 16.8 Å². The molecule has 2 aromatic heterocycles. The first-order chi connectivity index (χ1) is 10.3. The number of H-pyrrole nitrogens is 1. The molecule has 1 aromatic carbocycles. The van der Waals surface area contributed by atoms with Gasteiger partial charge in [0.05, 0.1) is 11.2 Å². The summed E-state index contributed by atoms with van der Waals surface area (Å²) in [6, 6.07) is 9.58. The lowest BCUT2D eigenvalue weighted by Gasteiger charge is -2.07. The molecule has 0 unspecified atom stereocenters. The third-order valence-electron chi connectivity index (χ3n) is 3.04. The van der Waals surface area contributed by atoms with Crippen molar-refractivity contribution in [2.45, 2.75) is 9.24 Å². The van der Waals surface area contributed by atoms with E-state index in [1.165, 1.54) is 12.1 Å². The topological polar surface area (TPSA) is 96.1 Å². The van der Waals surface area contributed by atoms with E-state index in [0.29, 0.717) is 16.6 Å². The van der Waals surface area contributed by atoms with Crippen molar-refractivity contribution >= 4 is 47.8 Å². The predicted octanol–water partition coefficient (Wildman–Crippen LogP) is 2.43. The van der Waals surface area contributed by atoms with Gasteiger partial charge in [0.15, 0.2) is 9.84 Å². The minimum absolute atomic E-state index is 0.0465. The summed E-state index contributed by atoms with van der Waals surface area (Å²) in [6.45, 7) is 0. The monoisotopic (exact) mass is 356 g/mol. The third-order valence-corrected chi connectivity index (χ3v) is 6.82. The second-order valence-electron chi connectivity index (χ2n) is 4.71. The van der Waals surface area contributed by atoms with E-state index in [1.54, 1.807) is 29.6 Å². The Morgan fingerprint density at radius 1 is 1.09 bits per heavy atom. The summed E-state index contributed by atoms with van der Waals surface area (Å²) in [5.74, 6) is 0. The molecule has 22 heavy (non-hydrogen) atoms. The number of anilines is 1. The van der Waals surface area contributed by atoms with Crippen molar-refractivity contribution in [3.05, 3.63) is 41.8 Å². The molecule has 0 saturated carbocycles. The quantitative estimate of drug-likeness (QED) is 0.750. The van der Waals surface area contributed by atoms with Gasteiger partial charge in [-0.15, -0.1) is 11.3 Å². The number of sulfone groups is 1. The van der Waals surface area contributed by atoms with Gasteiger partial charge in [-0.1, -0.05) is 18.2 Å². The van der Waals surface area contributed by atoms with Crippen LogP contribution in [0.3, 0.4) is 0 Å². The van der Waals surface area contributed by atoms with Crippen molar-refractivity contribution in [2.75, 3.05) is 11.0 Å². The van der Waals surface area contributed by atoms with Crippen LogP contribution in [0.4, 0.5) is 5.69 Å². The van der Waals surface area contributed by atoms with Crippen LogP contribution >= 0.6 is 11.3 Å². The number of aromatic nitrogens is 1. The molecule has 0 spiro atoms. The maximum Gasteiger partial charge on any atom is 0.271 e. The minimum atomic E-state index is -3.69. The third kappa shape index (κ3) is 2.74. The van der Waals surface area contributed by atoms with Crippen LogP contribution in [0.5, 0.6) is 0 Å². The normalized spacial score (nSPS) is 12.6. The van der Waals surface area contributed by atoms with Crippen LogP contribution in [0.15, 0.2) is 51.0 Å². The van der Waals surface area contributed by atoms with Gasteiger partial charge in [-0.25, -0.2) is 16.8 Å². The van der Waals surface area contributed by atoms with Gasteiger partial charge >= 0.3 is 0 Å². The van der Waals surface area contributed by atoms with Crippen molar-refractivity contribution in [3.63, 3.8) is 0 Å². The fraction of sp³-hybridized carbons (Fsp3) is 0.0769. The molecular weight excluding hydrogens is 344 g/mol. The molecule has 3 aromatic rings. The van der Waals surface area contributed by atoms with E-state index in [2.05, 4.69) is 9.71 Å². The van der Waals surface area contributed by atoms with Gasteiger partial charge in [-0.2, -0.15) is 0 Å². The van der Waals surface area contributed by atoms with Crippen LogP contribution in [0, 0.1) is 0 Å². The first-order valence-electron chi connectivity index (χ1n) is 6.15. The van der Waals surface area contributed by atoms with E-state index in [-0.39, 0.29) is 9.24 Å². The molecule has 0 atom stereocenters. The van der Waals surface area contributed by atoms with E-state index in [1.807, 2.05) is 0 Å². The minimum Gasteiger partial charge on any atom is -0.344 e. The summed E-state index contributed by atoms with van der Waals surface area (Å²) < 4.78 is 50.5. The maximum atomic E-state index is 12.3. The molecule has 3 rings (SSSR count). The summed E-state index contributed by atoms with van der Waals surface area (Å²) >= 11 is 1.11. The Morgan fingerprint density at radius 2 is 1.86 bits per heavy atom. The molecule has 2 N–H and O–H groups in total. The van der Waals surface area contributed by atoms with E-state index >= 15 is 0 Å². The van der Waals surface area contributed by atoms with Crippen molar-refractivity contribution in [2.24, 2.45) is 0 Å². The molecule has 0 amide bonds. The Kier molecular flexibility index (Phi) is 3.50. The van der Waals surface area contributed by atoms with E-state index in [9.17, 15) is 16.8 Å². The van der Waals surface area contributed by atoms with Crippen LogP contribution < -0.4 is 4.72 Å². The summed E-state index contributed by atoms with van der Waals surface area (Å²) in [7, 11) is -7.09. The first-order valence-corrected chi connectivity index (χ1v) is 10.4. The number of nitrogens with one attached hydrogen (secondary N) is 2. The SMILES string of the molecule is CS(=O)(=O)c1cc2cccc(NS(=O)(=O)c3cccs3)c2[nH]1. The predicted molar refractivity (Wildman–Crippen MR) is 86.5 cm³/mol. The van der Waals surface area contributed by atoms with E-state index < -0.39 is 19.9 Å². The van der Waals surface area contributed by atoms with Crippen LogP contribution in [0.25, 0.3) is 10.9 Å². The number of aromatic amines is 1. The number of thiophene rings is 1. The summed E-state index contributed by atoms with van der Waals surface area (Å²) in [4.78, 5) is 2.76. The van der Waals surface area contributed by atoms with Crippen LogP contribution in [0.2, 0.25) is 0 Å². The zero-order chi connectivity index (χ0) is 16.0. The molecule has 0 bridgehead atoms. The lowest BCUT2D eigenvalue weighted by molar-refractivity contribution is 0.599. The highest BCUT2D eigenvalue weighted by atomic mass is 32.2. The Labute approximate surface area is 131 Å². The molecule has 0 saturated heterocycles. The molecule has 6 nitrogen and oxygen atoms in total. The van der Waals surface area contributed by atoms with Gasteiger partial charge in [0, 0.05) is 11.6 Å². The second-order valence-corrected chi connectivity index (χ2v) is 9.55. The molecule has 0 fully saturated rings. The summed E-state index contributed by atoms with van der Waals surface area (Å²) in [5, 5.41) is 2.34. The molecule has 0 aliphatic rings. The number of benzene rings is 1. The van der Waals surface area contributed by atoms with E-state index in [4.69, 9.17) is 0 Å². The zero-order valence-corrected chi connectivity index (χ0v) is 13.8. The number of para-hydroxylation sites is 1. The van der Waals surface area contributed by atoms with Gasteiger partial charge < -0.3 is 4.98 Å². The van der Waals surface area contributed by atoms with Gasteiger partial charge in [0.25, 0.3) is 10.0 Å². The summed E-state index contributed by atoms with van der Waals surface area (Å²) in [5.41, 5.74) is 0.740. The first kappa shape index (κ1) is 15.1. The average molecular weight is 356 g/mol. The Balaban J connectivity index is 2.10. The fourth-order valence-electron chi connectivity index (χ4n) is 2.03. The average Bonchev–Trinajstić information content (AvgIpc) is 3.08. The molecule has 9 heteroatoms. The molecule has 2 heterocycles. The maximum absolute atomic E-state index is 12.3. The number of fused-ring (bicyclic) bond motifs is 1. The largest absolute Gasteiger partial charge is 0.344 e. The van der Waals surface area contributed by atoms with Gasteiger partial charge in [-0.05, 0) is 23.6 Å².